The van der Waals surface area contributed by atoms with Crippen LogP contribution < -0.4 is 5.32 Å². The molecule has 1 N–H and O–H groups in total. The molecular weight excluding hydrogens is 246 g/mol. The molecule has 1 aromatic heterocycles. The van der Waals surface area contributed by atoms with Crippen molar-refractivity contribution in [3.8, 4) is 0 Å². The molecule has 0 fully saturated rings. The molecule has 0 saturated carbocycles. The molecule has 0 spiro atoms. The lowest BCUT2D eigenvalue weighted by Crippen LogP contribution is -2.21. The van der Waals surface area contributed by atoms with Gasteiger partial charge in [0.15, 0.2) is 0 Å². The summed E-state index contributed by atoms with van der Waals surface area (Å²) in [6.45, 7) is 3.14. The molecule has 3 heteroatoms. The first-order chi connectivity index (χ1) is 9.83. The van der Waals surface area contributed by atoms with Crippen molar-refractivity contribution in [1.29, 1.82) is 0 Å². The minimum absolute atomic E-state index is 1.00. The van der Waals surface area contributed by atoms with Crippen molar-refractivity contribution < 1.29 is 0 Å². The number of benzene rings is 1. The normalized spacial score (nSPS) is 13.3. The molecule has 1 aliphatic heterocycles. The molecule has 0 aliphatic carbocycles. The number of rotatable bonds is 5. The van der Waals surface area contributed by atoms with Gasteiger partial charge in [-0.1, -0.05) is 18.2 Å². The van der Waals surface area contributed by atoms with Gasteiger partial charge in [0.05, 0.1) is 0 Å². The Morgan fingerprint density at radius 2 is 2.05 bits per heavy atom. The quantitative estimate of drug-likeness (QED) is 0.903. The lowest BCUT2D eigenvalue weighted by atomic mass is 10.1. The van der Waals surface area contributed by atoms with Crippen molar-refractivity contribution in [2.75, 3.05) is 25.5 Å². The highest BCUT2D eigenvalue weighted by atomic mass is 15.1. The molecule has 20 heavy (non-hydrogen) atoms. The van der Waals surface area contributed by atoms with E-state index in [4.69, 9.17) is 0 Å². The molecule has 3 nitrogen and oxygen atoms in total. The van der Waals surface area contributed by atoms with Gasteiger partial charge in [0.1, 0.15) is 0 Å². The van der Waals surface area contributed by atoms with Crippen molar-refractivity contribution in [3.63, 3.8) is 0 Å². The number of nitrogens with one attached hydrogen (secondary N) is 1. The Kier molecular flexibility index (Phi) is 3.97. The molecule has 104 valence electrons. The second kappa shape index (κ2) is 6.06. The highest BCUT2D eigenvalue weighted by Crippen LogP contribution is 2.27. The van der Waals surface area contributed by atoms with E-state index in [1.54, 1.807) is 0 Å². The van der Waals surface area contributed by atoms with E-state index in [2.05, 4.69) is 52.6 Å². The molecule has 1 aromatic carbocycles. The zero-order valence-electron chi connectivity index (χ0n) is 12.0. The molecule has 1 aliphatic rings. The van der Waals surface area contributed by atoms with Gasteiger partial charge in [0.2, 0.25) is 0 Å². The summed E-state index contributed by atoms with van der Waals surface area (Å²) in [5, 5.41) is 3.51. The van der Waals surface area contributed by atoms with Gasteiger partial charge in [-0.15, -0.1) is 0 Å². The summed E-state index contributed by atoms with van der Waals surface area (Å²) in [4.78, 5) is 6.44. The summed E-state index contributed by atoms with van der Waals surface area (Å²) in [7, 11) is 2.19. The average molecular weight is 267 g/mol. The van der Waals surface area contributed by atoms with Crippen molar-refractivity contribution in [3.05, 3.63) is 59.4 Å². The molecule has 0 radical (unpaired) electrons. The zero-order chi connectivity index (χ0) is 13.8. The number of hydrogen-bond acceptors (Lipinski definition) is 3. The first-order valence-electron chi connectivity index (χ1n) is 7.25. The number of fused-ring (bicyclic) bond motifs is 1. The molecule has 0 bridgehead atoms. The fraction of sp³-hybridized carbons (Fsp3) is 0.353. The zero-order valence-corrected chi connectivity index (χ0v) is 12.0. The number of nitrogens with zero attached hydrogens (tertiary/aromatic N) is 2. The van der Waals surface area contributed by atoms with Crippen molar-refractivity contribution in [2.24, 2.45) is 0 Å². The van der Waals surface area contributed by atoms with Gasteiger partial charge >= 0.3 is 0 Å². The van der Waals surface area contributed by atoms with Crippen LogP contribution in [0.15, 0.2) is 42.7 Å². The molecule has 2 heterocycles. The summed E-state index contributed by atoms with van der Waals surface area (Å²) in [6, 6.07) is 10.8. The molecule has 0 amide bonds. The summed E-state index contributed by atoms with van der Waals surface area (Å²) in [5.41, 5.74) is 5.59. The first kappa shape index (κ1) is 13.1. The Hall–Kier alpha value is -1.87. The monoisotopic (exact) mass is 267 g/mol. The SMILES string of the molecule is CN(CCc1ccncc1)Cc1cccc2c1NCC2. The van der Waals surface area contributed by atoms with E-state index < -0.39 is 0 Å². The van der Waals surface area contributed by atoms with E-state index in [1.807, 2.05) is 12.4 Å². The third-order valence-electron chi connectivity index (χ3n) is 3.90. The highest BCUT2D eigenvalue weighted by Gasteiger charge is 2.14. The number of hydrogen-bond donors (Lipinski definition) is 1. The summed E-state index contributed by atoms with van der Waals surface area (Å²) < 4.78 is 0. The van der Waals surface area contributed by atoms with Gasteiger partial charge < -0.3 is 10.2 Å². The Labute approximate surface area is 120 Å². The van der Waals surface area contributed by atoms with E-state index in [9.17, 15) is 0 Å². The second-order valence-electron chi connectivity index (χ2n) is 5.47. The smallest absolute Gasteiger partial charge is 0.0419 e. The van der Waals surface area contributed by atoms with Crippen LogP contribution in [-0.2, 0) is 19.4 Å². The average Bonchev–Trinajstić information content (AvgIpc) is 2.96. The highest BCUT2D eigenvalue weighted by molar-refractivity contribution is 5.61. The number of anilines is 1. The van der Waals surface area contributed by atoms with Crippen molar-refractivity contribution >= 4 is 5.69 Å². The summed E-state index contributed by atoms with van der Waals surface area (Å²) in [6.07, 6.45) is 5.96. The number of pyridine rings is 1. The van der Waals surface area contributed by atoms with Crippen molar-refractivity contribution in [1.82, 2.24) is 9.88 Å². The van der Waals surface area contributed by atoms with Crippen LogP contribution >= 0.6 is 0 Å². The lowest BCUT2D eigenvalue weighted by Gasteiger charge is -2.18. The lowest BCUT2D eigenvalue weighted by molar-refractivity contribution is 0.331. The van der Waals surface area contributed by atoms with Gasteiger partial charge in [-0.05, 0) is 48.7 Å². The van der Waals surface area contributed by atoms with E-state index in [-0.39, 0.29) is 0 Å². The molecule has 3 rings (SSSR count). The Balaban J connectivity index is 1.59. The van der Waals surface area contributed by atoms with E-state index in [0.717, 1.165) is 32.5 Å². The van der Waals surface area contributed by atoms with Crippen LogP contribution in [0, 0.1) is 0 Å². The molecule has 2 aromatic rings. The first-order valence-corrected chi connectivity index (χ1v) is 7.25. The van der Waals surface area contributed by atoms with E-state index >= 15 is 0 Å². The minimum atomic E-state index is 1.00. The topological polar surface area (TPSA) is 28.2 Å². The van der Waals surface area contributed by atoms with Crippen LogP contribution in [0.4, 0.5) is 5.69 Å². The predicted octanol–water partition coefficient (Wildman–Crippen LogP) is 2.72. The van der Waals surface area contributed by atoms with Gasteiger partial charge in [-0.25, -0.2) is 0 Å². The van der Waals surface area contributed by atoms with Gasteiger partial charge in [-0.2, -0.15) is 0 Å². The number of likely N-dealkylation sites (N-methyl/N-ethyl adjacent to an activating group) is 1. The van der Waals surface area contributed by atoms with Crippen LogP contribution in [0.1, 0.15) is 16.7 Å². The summed E-state index contributed by atoms with van der Waals surface area (Å²) in [5.74, 6) is 0. The van der Waals surface area contributed by atoms with Crippen LogP contribution in [0.2, 0.25) is 0 Å². The number of aromatic nitrogens is 1. The molecular formula is C17H21N3. The van der Waals surface area contributed by atoms with E-state index in [1.165, 1.54) is 22.4 Å². The van der Waals surface area contributed by atoms with Crippen LogP contribution in [-0.4, -0.2) is 30.0 Å². The third-order valence-corrected chi connectivity index (χ3v) is 3.90. The van der Waals surface area contributed by atoms with Crippen LogP contribution in [0.25, 0.3) is 0 Å². The van der Waals surface area contributed by atoms with E-state index in [0.29, 0.717) is 0 Å². The van der Waals surface area contributed by atoms with Crippen LogP contribution in [0.3, 0.4) is 0 Å². The fourth-order valence-electron chi connectivity index (χ4n) is 2.78. The molecule has 0 saturated heterocycles. The Bertz CT molecular complexity index is 566. The standard InChI is InChI=1S/C17H21N3/c1-20(12-8-14-5-9-18-10-6-14)13-16-4-2-3-15-7-11-19-17(15)16/h2-6,9-10,19H,7-8,11-13H2,1H3. The fourth-order valence-corrected chi connectivity index (χ4v) is 2.78. The Morgan fingerprint density at radius 1 is 1.20 bits per heavy atom. The maximum Gasteiger partial charge on any atom is 0.0419 e. The summed E-state index contributed by atoms with van der Waals surface area (Å²) >= 11 is 0. The number of para-hydroxylation sites is 1. The van der Waals surface area contributed by atoms with Gasteiger partial charge in [0, 0.05) is 37.7 Å². The van der Waals surface area contributed by atoms with Gasteiger partial charge in [-0.3, -0.25) is 4.98 Å². The molecule has 0 atom stereocenters. The maximum absolute atomic E-state index is 4.06. The molecule has 0 unspecified atom stereocenters. The third kappa shape index (κ3) is 2.99. The maximum atomic E-state index is 4.06. The Morgan fingerprint density at radius 3 is 2.90 bits per heavy atom. The largest absolute Gasteiger partial charge is 0.384 e. The van der Waals surface area contributed by atoms with Gasteiger partial charge in [0.25, 0.3) is 0 Å². The van der Waals surface area contributed by atoms with Crippen LogP contribution in [0.5, 0.6) is 0 Å². The minimum Gasteiger partial charge on any atom is -0.384 e. The van der Waals surface area contributed by atoms with Crippen molar-refractivity contribution in [2.45, 2.75) is 19.4 Å². The predicted molar refractivity (Wildman–Crippen MR) is 82.9 cm³/mol. The second-order valence-corrected chi connectivity index (χ2v) is 5.47.